The Balaban J connectivity index is 1.72. The number of carbonyl (C=O) groups excluding carboxylic acids is 2. The summed E-state index contributed by atoms with van der Waals surface area (Å²) in [5, 5.41) is 5.65. The summed E-state index contributed by atoms with van der Waals surface area (Å²) in [5.74, 6) is -0.0935. The number of amides is 2. The summed E-state index contributed by atoms with van der Waals surface area (Å²) >= 11 is 0. The molecule has 88 valence electrons. The Morgan fingerprint density at radius 1 is 1.18 bits per heavy atom. The number of piperazine rings is 1. The van der Waals surface area contributed by atoms with Gasteiger partial charge in [0, 0.05) is 6.42 Å². The van der Waals surface area contributed by atoms with Crippen molar-refractivity contribution >= 4 is 11.8 Å². The molecule has 1 atom stereocenters. The molecule has 4 nitrogen and oxygen atoms in total. The molecule has 1 aliphatic carbocycles. The molecule has 1 aromatic carbocycles. The molecular formula is C13H14N2O2. The second-order valence-corrected chi connectivity index (χ2v) is 4.79. The molecule has 1 saturated heterocycles. The molecule has 0 bridgehead atoms. The third-order valence-corrected chi connectivity index (χ3v) is 3.45. The smallest absolute Gasteiger partial charge is 0.246 e. The summed E-state index contributed by atoms with van der Waals surface area (Å²) in [6.07, 6.45) is 2.08. The molecule has 1 heterocycles. The maximum atomic E-state index is 11.9. The maximum Gasteiger partial charge on any atom is 0.246 e. The van der Waals surface area contributed by atoms with E-state index in [1.54, 1.807) is 0 Å². The van der Waals surface area contributed by atoms with Crippen LogP contribution in [0.2, 0.25) is 0 Å². The highest BCUT2D eigenvalue weighted by atomic mass is 16.2. The number of benzene rings is 1. The quantitative estimate of drug-likeness (QED) is 0.771. The summed E-state index contributed by atoms with van der Waals surface area (Å²) in [6.45, 7) is 0. The third-order valence-electron chi connectivity index (χ3n) is 3.45. The lowest BCUT2D eigenvalue weighted by Crippen LogP contribution is -2.63. The first-order chi connectivity index (χ1) is 8.20. The van der Waals surface area contributed by atoms with Crippen LogP contribution in [0.4, 0.5) is 0 Å². The molecule has 17 heavy (non-hydrogen) atoms. The molecule has 1 aliphatic heterocycles. The minimum absolute atomic E-state index is 0.0296. The summed E-state index contributed by atoms with van der Waals surface area (Å²) in [5.41, 5.74) is 0.490. The topological polar surface area (TPSA) is 58.2 Å². The average molecular weight is 230 g/mol. The van der Waals surface area contributed by atoms with Gasteiger partial charge in [-0.05, 0) is 18.4 Å². The number of hydrogen-bond donors (Lipinski definition) is 2. The van der Waals surface area contributed by atoms with Crippen molar-refractivity contribution in [3.63, 3.8) is 0 Å². The van der Waals surface area contributed by atoms with Gasteiger partial charge in [-0.25, -0.2) is 0 Å². The van der Waals surface area contributed by atoms with Crippen LogP contribution in [0.3, 0.4) is 0 Å². The summed E-state index contributed by atoms with van der Waals surface area (Å²) in [7, 11) is 0. The van der Waals surface area contributed by atoms with Crippen molar-refractivity contribution < 1.29 is 9.59 Å². The van der Waals surface area contributed by atoms with Crippen molar-refractivity contribution in [3.8, 4) is 0 Å². The van der Waals surface area contributed by atoms with Gasteiger partial charge in [0.25, 0.3) is 0 Å². The fourth-order valence-electron chi connectivity index (χ4n) is 2.21. The molecule has 2 N–H and O–H groups in total. The van der Waals surface area contributed by atoms with Crippen LogP contribution in [0, 0.1) is 0 Å². The van der Waals surface area contributed by atoms with E-state index in [-0.39, 0.29) is 11.8 Å². The number of hydrogen-bond acceptors (Lipinski definition) is 2. The maximum absolute atomic E-state index is 11.9. The molecule has 2 aliphatic rings. The molecule has 3 rings (SSSR count). The number of rotatable bonds is 2. The van der Waals surface area contributed by atoms with Crippen molar-refractivity contribution in [1.82, 2.24) is 10.6 Å². The largest absolute Gasteiger partial charge is 0.342 e. The predicted molar refractivity (Wildman–Crippen MR) is 62.2 cm³/mol. The Labute approximate surface area is 99.4 Å². The summed E-state index contributed by atoms with van der Waals surface area (Å²) < 4.78 is 0. The van der Waals surface area contributed by atoms with E-state index in [1.807, 2.05) is 30.3 Å². The molecule has 1 saturated carbocycles. The van der Waals surface area contributed by atoms with E-state index >= 15 is 0 Å². The zero-order chi connectivity index (χ0) is 11.9. The van der Waals surface area contributed by atoms with Gasteiger partial charge in [-0.3, -0.25) is 9.59 Å². The first kappa shape index (κ1) is 10.3. The monoisotopic (exact) mass is 230 g/mol. The Morgan fingerprint density at radius 3 is 2.53 bits per heavy atom. The molecule has 0 aromatic heterocycles. The van der Waals surface area contributed by atoms with Crippen LogP contribution >= 0.6 is 0 Å². The van der Waals surface area contributed by atoms with E-state index in [9.17, 15) is 9.59 Å². The van der Waals surface area contributed by atoms with Gasteiger partial charge in [0.05, 0.1) is 0 Å². The normalized spacial score (nSPS) is 25.3. The second kappa shape index (κ2) is 3.58. The van der Waals surface area contributed by atoms with E-state index in [2.05, 4.69) is 10.6 Å². The molecule has 0 radical (unpaired) electrons. The van der Waals surface area contributed by atoms with Crippen LogP contribution in [-0.4, -0.2) is 23.4 Å². The number of carbonyl (C=O) groups is 2. The first-order valence-corrected chi connectivity index (χ1v) is 5.87. The molecule has 4 heteroatoms. The lowest BCUT2D eigenvalue weighted by Gasteiger charge is -2.29. The Morgan fingerprint density at radius 2 is 1.88 bits per heavy atom. The fraction of sp³-hybridized carbons (Fsp3) is 0.385. The summed E-state index contributed by atoms with van der Waals surface area (Å²) in [4.78, 5) is 23.7. The minimum atomic E-state index is -0.565. The molecule has 2 fully saturated rings. The zero-order valence-corrected chi connectivity index (χ0v) is 9.40. The van der Waals surface area contributed by atoms with Crippen molar-refractivity contribution in [3.05, 3.63) is 35.9 Å². The van der Waals surface area contributed by atoms with Crippen LogP contribution in [0.5, 0.6) is 0 Å². The molecule has 1 spiro atoms. The van der Waals surface area contributed by atoms with Gasteiger partial charge in [0.2, 0.25) is 11.8 Å². The minimum Gasteiger partial charge on any atom is -0.342 e. The van der Waals surface area contributed by atoms with Gasteiger partial charge in [-0.1, -0.05) is 30.3 Å². The highest BCUT2D eigenvalue weighted by molar-refractivity contribution is 6.01. The molecule has 1 aromatic rings. The molecule has 2 amide bonds. The Hall–Kier alpha value is -1.84. The van der Waals surface area contributed by atoms with Gasteiger partial charge >= 0.3 is 0 Å². The lowest BCUT2D eigenvalue weighted by molar-refractivity contribution is -0.137. The highest BCUT2D eigenvalue weighted by Gasteiger charge is 2.55. The SMILES string of the molecule is O=C1NC2(CC2)C(=O)NC1Cc1ccccc1. The fourth-order valence-corrected chi connectivity index (χ4v) is 2.21. The van der Waals surface area contributed by atoms with Gasteiger partial charge in [0.15, 0.2) is 0 Å². The van der Waals surface area contributed by atoms with Gasteiger partial charge in [-0.2, -0.15) is 0 Å². The third kappa shape index (κ3) is 1.79. The molecular weight excluding hydrogens is 216 g/mol. The van der Waals surface area contributed by atoms with Gasteiger partial charge in [-0.15, -0.1) is 0 Å². The second-order valence-electron chi connectivity index (χ2n) is 4.79. The predicted octanol–water partition coefficient (Wildman–Crippen LogP) is 0.376. The average Bonchev–Trinajstić information content (AvgIpc) is 3.08. The Kier molecular flexibility index (Phi) is 2.18. The summed E-state index contributed by atoms with van der Waals surface area (Å²) in [6, 6.07) is 9.28. The Bertz CT molecular complexity index is 466. The van der Waals surface area contributed by atoms with Crippen LogP contribution in [0.15, 0.2) is 30.3 Å². The number of nitrogens with one attached hydrogen (secondary N) is 2. The van der Waals surface area contributed by atoms with Crippen molar-refractivity contribution in [2.45, 2.75) is 30.8 Å². The highest BCUT2D eigenvalue weighted by Crippen LogP contribution is 2.37. The molecule has 1 unspecified atom stereocenters. The van der Waals surface area contributed by atoms with Crippen LogP contribution in [-0.2, 0) is 16.0 Å². The van der Waals surface area contributed by atoms with Gasteiger partial charge in [0.1, 0.15) is 11.6 Å². The zero-order valence-electron chi connectivity index (χ0n) is 9.40. The van der Waals surface area contributed by atoms with Crippen LogP contribution in [0.25, 0.3) is 0 Å². The standard InChI is InChI=1S/C13H14N2O2/c16-11-10(8-9-4-2-1-3-5-9)14-12(17)13(15-11)6-7-13/h1-5,10H,6-8H2,(H,14,17)(H,15,16). The van der Waals surface area contributed by atoms with Crippen molar-refractivity contribution in [1.29, 1.82) is 0 Å². The van der Waals surface area contributed by atoms with E-state index in [4.69, 9.17) is 0 Å². The first-order valence-electron chi connectivity index (χ1n) is 5.87. The van der Waals surface area contributed by atoms with E-state index in [1.165, 1.54) is 0 Å². The van der Waals surface area contributed by atoms with E-state index in [0.29, 0.717) is 6.42 Å². The lowest BCUT2D eigenvalue weighted by atomic mass is 10.0. The van der Waals surface area contributed by atoms with Crippen molar-refractivity contribution in [2.75, 3.05) is 0 Å². The van der Waals surface area contributed by atoms with E-state index in [0.717, 1.165) is 18.4 Å². The van der Waals surface area contributed by atoms with Crippen LogP contribution in [0.1, 0.15) is 18.4 Å². The van der Waals surface area contributed by atoms with Gasteiger partial charge < -0.3 is 10.6 Å². The van der Waals surface area contributed by atoms with E-state index < -0.39 is 11.6 Å². The van der Waals surface area contributed by atoms with Crippen LogP contribution < -0.4 is 10.6 Å². The van der Waals surface area contributed by atoms with Crippen molar-refractivity contribution in [2.24, 2.45) is 0 Å².